The van der Waals surface area contributed by atoms with Gasteiger partial charge < -0.3 is 18.9 Å². The second-order valence-corrected chi connectivity index (χ2v) is 7.06. The summed E-state index contributed by atoms with van der Waals surface area (Å²) >= 11 is 0. The Morgan fingerprint density at radius 2 is 2.00 bits per heavy atom. The van der Waals surface area contributed by atoms with E-state index in [2.05, 4.69) is 4.98 Å². The van der Waals surface area contributed by atoms with Crippen LogP contribution >= 0.6 is 0 Å². The van der Waals surface area contributed by atoms with Crippen LogP contribution in [-0.4, -0.2) is 45.6 Å². The molecule has 0 saturated heterocycles. The largest absolute Gasteiger partial charge is 0.495 e. The maximum atomic E-state index is 13.1. The van der Waals surface area contributed by atoms with Crippen molar-refractivity contribution in [2.75, 3.05) is 31.8 Å². The van der Waals surface area contributed by atoms with Gasteiger partial charge in [0.1, 0.15) is 5.75 Å². The number of hydrogen-bond donors (Lipinski definition) is 0. The SMILES string of the molecule is CCOCCn1c(=O)c2c(nc3n2CCN3c2cc(C)ccc2OC)n(C)c1=O. The second-order valence-electron chi connectivity index (χ2n) is 7.06. The van der Waals surface area contributed by atoms with E-state index in [9.17, 15) is 9.59 Å². The van der Waals surface area contributed by atoms with Gasteiger partial charge in [-0.2, -0.15) is 4.98 Å². The molecule has 0 N–H and O–H groups in total. The van der Waals surface area contributed by atoms with Crippen molar-refractivity contribution in [2.45, 2.75) is 26.9 Å². The number of methoxy groups -OCH3 is 1. The van der Waals surface area contributed by atoms with E-state index in [0.717, 1.165) is 17.0 Å². The van der Waals surface area contributed by atoms with Crippen LogP contribution in [0.25, 0.3) is 11.2 Å². The molecule has 9 nitrogen and oxygen atoms in total. The van der Waals surface area contributed by atoms with E-state index in [-0.39, 0.29) is 12.1 Å². The summed E-state index contributed by atoms with van der Waals surface area (Å²) in [6.07, 6.45) is 0. The van der Waals surface area contributed by atoms with Crippen molar-refractivity contribution in [3.8, 4) is 5.75 Å². The zero-order valence-corrected chi connectivity index (χ0v) is 17.1. The van der Waals surface area contributed by atoms with Gasteiger partial charge in [-0.25, -0.2) is 4.79 Å². The van der Waals surface area contributed by atoms with Crippen LogP contribution in [0.1, 0.15) is 12.5 Å². The lowest BCUT2D eigenvalue weighted by Gasteiger charge is -2.19. The molecule has 2 aromatic heterocycles. The van der Waals surface area contributed by atoms with Crippen LogP contribution < -0.4 is 20.9 Å². The minimum absolute atomic E-state index is 0.214. The molecule has 29 heavy (non-hydrogen) atoms. The van der Waals surface area contributed by atoms with Gasteiger partial charge in [-0.3, -0.25) is 13.9 Å². The summed E-state index contributed by atoms with van der Waals surface area (Å²) in [7, 11) is 3.27. The molecule has 0 fully saturated rings. The van der Waals surface area contributed by atoms with E-state index in [1.807, 2.05) is 41.5 Å². The predicted octanol–water partition coefficient (Wildman–Crippen LogP) is 1.40. The first-order valence-electron chi connectivity index (χ1n) is 9.68. The summed E-state index contributed by atoms with van der Waals surface area (Å²) in [6, 6.07) is 5.95. The van der Waals surface area contributed by atoms with Crippen molar-refractivity contribution in [1.29, 1.82) is 0 Å². The number of imidazole rings is 1. The van der Waals surface area contributed by atoms with Crippen molar-refractivity contribution >= 4 is 22.8 Å². The summed E-state index contributed by atoms with van der Waals surface area (Å²) in [6.45, 7) is 6.22. The summed E-state index contributed by atoms with van der Waals surface area (Å²) in [4.78, 5) is 32.5. The molecule has 9 heteroatoms. The molecule has 0 spiro atoms. The summed E-state index contributed by atoms with van der Waals surface area (Å²) < 4.78 is 15.4. The Labute approximate surface area is 167 Å². The number of fused-ring (bicyclic) bond motifs is 3. The van der Waals surface area contributed by atoms with Gasteiger partial charge in [0.05, 0.1) is 25.9 Å². The maximum Gasteiger partial charge on any atom is 0.332 e. The smallest absolute Gasteiger partial charge is 0.332 e. The molecule has 0 aliphatic carbocycles. The number of ether oxygens (including phenoxy) is 2. The van der Waals surface area contributed by atoms with Gasteiger partial charge >= 0.3 is 5.69 Å². The Bertz CT molecular complexity index is 1190. The van der Waals surface area contributed by atoms with Crippen LogP contribution in [-0.2, 0) is 24.9 Å². The van der Waals surface area contributed by atoms with E-state index in [1.54, 1.807) is 14.2 Å². The van der Waals surface area contributed by atoms with Gasteiger partial charge in [0.2, 0.25) is 5.95 Å². The monoisotopic (exact) mass is 399 g/mol. The topological polar surface area (TPSA) is 83.5 Å². The first-order valence-corrected chi connectivity index (χ1v) is 9.68. The molecule has 1 aromatic carbocycles. The zero-order chi connectivity index (χ0) is 20.7. The third-order valence-electron chi connectivity index (χ3n) is 5.29. The van der Waals surface area contributed by atoms with Crippen LogP contribution in [0.5, 0.6) is 5.75 Å². The second kappa shape index (κ2) is 7.40. The standard InChI is InChI=1S/C20H25N5O4/c1-5-29-11-10-25-18(26)16-17(22(3)20(25)27)21-19-23(8-9-24(16)19)14-12-13(2)6-7-15(14)28-4/h6-7,12H,5,8-11H2,1-4H3. The lowest BCUT2D eigenvalue weighted by molar-refractivity contribution is 0.137. The number of rotatable bonds is 6. The predicted molar refractivity (Wildman–Crippen MR) is 110 cm³/mol. The number of hydrogen-bond acceptors (Lipinski definition) is 6. The minimum Gasteiger partial charge on any atom is -0.495 e. The highest BCUT2D eigenvalue weighted by Gasteiger charge is 2.30. The number of aromatic nitrogens is 4. The molecule has 0 saturated carbocycles. The number of aryl methyl sites for hydroxylation is 2. The molecule has 3 aromatic rings. The molecule has 4 rings (SSSR count). The van der Waals surface area contributed by atoms with Crippen LogP contribution in [0.15, 0.2) is 27.8 Å². The van der Waals surface area contributed by atoms with Crippen molar-refractivity contribution in [2.24, 2.45) is 7.05 Å². The molecule has 0 bridgehead atoms. The van der Waals surface area contributed by atoms with Crippen molar-refractivity contribution in [1.82, 2.24) is 18.7 Å². The first-order chi connectivity index (χ1) is 14.0. The number of benzene rings is 1. The molecular weight excluding hydrogens is 374 g/mol. The van der Waals surface area contributed by atoms with Gasteiger partial charge in [-0.15, -0.1) is 0 Å². The normalized spacial score (nSPS) is 13.3. The van der Waals surface area contributed by atoms with E-state index in [1.165, 1.54) is 9.13 Å². The Morgan fingerprint density at radius 3 is 2.72 bits per heavy atom. The van der Waals surface area contributed by atoms with Crippen LogP contribution in [0.3, 0.4) is 0 Å². The summed E-state index contributed by atoms with van der Waals surface area (Å²) in [5.41, 5.74) is 2.09. The molecule has 154 valence electrons. The minimum atomic E-state index is -0.390. The first kappa shape index (κ1) is 19.3. The molecule has 0 atom stereocenters. The number of nitrogens with zero attached hydrogens (tertiary/aromatic N) is 5. The Kier molecular flexibility index (Phi) is 4.91. The van der Waals surface area contributed by atoms with E-state index < -0.39 is 5.69 Å². The fraction of sp³-hybridized carbons (Fsp3) is 0.450. The molecule has 0 radical (unpaired) electrons. The molecule has 3 heterocycles. The molecule has 0 unspecified atom stereocenters. The highest BCUT2D eigenvalue weighted by molar-refractivity contribution is 5.79. The van der Waals surface area contributed by atoms with E-state index in [4.69, 9.17) is 9.47 Å². The summed E-state index contributed by atoms with van der Waals surface area (Å²) in [5.74, 6) is 1.37. The average Bonchev–Trinajstić information content (AvgIpc) is 3.28. The van der Waals surface area contributed by atoms with Gasteiger partial charge in [0.15, 0.2) is 11.2 Å². The molecule has 1 aliphatic rings. The highest BCUT2D eigenvalue weighted by atomic mass is 16.5. The van der Waals surface area contributed by atoms with E-state index >= 15 is 0 Å². The third kappa shape index (κ3) is 3.02. The maximum absolute atomic E-state index is 13.1. The van der Waals surface area contributed by atoms with Gasteiger partial charge in [-0.05, 0) is 31.5 Å². The van der Waals surface area contributed by atoms with Gasteiger partial charge in [0.25, 0.3) is 5.56 Å². The van der Waals surface area contributed by atoms with Crippen molar-refractivity contribution in [3.63, 3.8) is 0 Å². The van der Waals surface area contributed by atoms with Crippen molar-refractivity contribution < 1.29 is 9.47 Å². The quantitative estimate of drug-likeness (QED) is 0.583. The van der Waals surface area contributed by atoms with Gasteiger partial charge in [-0.1, -0.05) is 6.07 Å². The Balaban J connectivity index is 1.88. The van der Waals surface area contributed by atoms with E-state index in [0.29, 0.717) is 43.4 Å². The molecule has 0 amide bonds. The fourth-order valence-electron chi connectivity index (χ4n) is 3.81. The average molecular weight is 399 g/mol. The third-order valence-corrected chi connectivity index (χ3v) is 5.29. The lowest BCUT2D eigenvalue weighted by atomic mass is 10.2. The number of anilines is 2. The molecular formula is C20H25N5O4. The lowest BCUT2D eigenvalue weighted by Crippen LogP contribution is -2.40. The highest BCUT2D eigenvalue weighted by Crippen LogP contribution is 2.37. The zero-order valence-electron chi connectivity index (χ0n) is 17.1. The van der Waals surface area contributed by atoms with Gasteiger partial charge in [0, 0.05) is 26.7 Å². The van der Waals surface area contributed by atoms with Crippen LogP contribution in [0.4, 0.5) is 11.6 Å². The van der Waals surface area contributed by atoms with Crippen molar-refractivity contribution in [3.05, 3.63) is 44.6 Å². The summed E-state index contributed by atoms with van der Waals surface area (Å²) in [5, 5.41) is 0. The van der Waals surface area contributed by atoms with Crippen LogP contribution in [0.2, 0.25) is 0 Å². The Hall–Kier alpha value is -3.07. The fourth-order valence-corrected chi connectivity index (χ4v) is 3.81. The Morgan fingerprint density at radius 1 is 1.21 bits per heavy atom. The van der Waals surface area contributed by atoms with Crippen LogP contribution in [0, 0.1) is 6.92 Å². The molecule has 1 aliphatic heterocycles.